The number of allylic oxidation sites excluding steroid dienone is 8. The zero-order chi connectivity index (χ0) is 20.4. The Morgan fingerprint density at radius 2 is 2.00 bits per heavy atom. The van der Waals surface area contributed by atoms with E-state index >= 15 is 0 Å². The van der Waals surface area contributed by atoms with Crippen molar-refractivity contribution in [1.82, 2.24) is 10.2 Å². The fraction of sp³-hybridized carbons (Fsp3) is 0.458. The fourth-order valence-corrected chi connectivity index (χ4v) is 3.22. The van der Waals surface area contributed by atoms with Gasteiger partial charge in [0, 0.05) is 51.3 Å². The third-order valence-electron chi connectivity index (χ3n) is 5.17. The molecule has 0 atom stereocenters. The number of carbonyl (C=O) groups is 1. The van der Waals surface area contributed by atoms with Gasteiger partial charge in [0.1, 0.15) is 5.76 Å². The molecule has 0 aliphatic heterocycles. The summed E-state index contributed by atoms with van der Waals surface area (Å²) in [5.74, 6) is 0.904. The van der Waals surface area contributed by atoms with Crippen molar-refractivity contribution in [3.8, 4) is 0 Å². The minimum Gasteiger partial charge on any atom is -0.493 e. The summed E-state index contributed by atoms with van der Waals surface area (Å²) in [6, 6.07) is 0. The number of hydrogen-bond donors (Lipinski definition) is 1. The molecule has 1 amide bonds. The summed E-state index contributed by atoms with van der Waals surface area (Å²) >= 11 is 0. The molecule has 0 aromatic rings. The maximum atomic E-state index is 11.7. The lowest BCUT2D eigenvalue weighted by Gasteiger charge is -2.22. The van der Waals surface area contributed by atoms with Crippen LogP contribution in [0.25, 0.3) is 0 Å². The maximum absolute atomic E-state index is 11.7. The van der Waals surface area contributed by atoms with E-state index in [1.165, 1.54) is 11.1 Å². The second kappa shape index (κ2) is 11.4. The molecular formula is C24H34N2O2. The first-order valence-corrected chi connectivity index (χ1v) is 10.2. The van der Waals surface area contributed by atoms with E-state index in [9.17, 15) is 4.79 Å². The quantitative estimate of drug-likeness (QED) is 0.687. The lowest BCUT2D eigenvalue weighted by Crippen LogP contribution is -2.27. The number of nitrogens with zero attached hydrogens (tertiary/aromatic N) is 1. The highest BCUT2D eigenvalue weighted by atomic mass is 16.5. The molecule has 0 saturated heterocycles. The van der Waals surface area contributed by atoms with Crippen molar-refractivity contribution in [3.05, 3.63) is 70.7 Å². The van der Waals surface area contributed by atoms with Crippen LogP contribution in [0.5, 0.6) is 0 Å². The van der Waals surface area contributed by atoms with Crippen LogP contribution >= 0.6 is 0 Å². The van der Waals surface area contributed by atoms with Gasteiger partial charge in [0.2, 0.25) is 5.91 Å². The predicted octanol–water partition coefficient (Wildman–Crippen LogP) is 4.80. The molecule has 2 rings (SSSR count). The van der Waals surface area contributed by atoms with Crippen molar-refractivity contribution in [2.75, 3.05) is 27.2 Å². The van der Waals surface area contributed by atoms with E-state index in [2.05, 4.69) is 54.8 Å². The molecule has 0 bridgehead atoms. The minimum atomic E-state index is 0.0557. The summed E-state index contributed by atoms with van der Waals surface area (Å²) in [5, 5.41) is 3.23. The van der Waals surface area contributed by atoms with Gasteiger partial charge in [0.25, 0.3) is 0 Å². The maximum Gasteiger partial charge on any atom is 0.219 e. The molecule has 0 fully saturated rings. The molecule has 4 heteroatoms. The third kappa shape index (κ3) is 6.91. The first-order valence-electron chi connectivity index (χ1n) is 10.2. The lowest BCUT2D eigenvalue weighted by molar-refractivity contribution is -0.127. The van der Waals surface area contributed by atoms with E-state index in [0.29, 0.717) is 13.2 Å². The second-order valence-electron chi connectivity index (χ2n) is 7.33. The summed E-state index contributed by atoms with van der Waals surface area (Å²) in [6.45, 7) is 4.98. The molecule has 2 aliphatic carbocycles. The van der Waals surface area contributed by atoms with Gasteiger partial charge in [0.15, 0.2) is 0 Å². The molecule has 0 unspecified atom stereocenters. The van der Waals surface area contributed by atoms with Crippen LogP contribution in [0.15, 0.2) is 70.7 Å². The third-order valence-corrected chi connectivity index (χ3v) is 5.17. The Bertz CT molecular complexity index is 736. The highest BCUT2D eigenvalue weighted by Crippen LogP contribution is 2.22. The molecule has 0 spiro atoms. The van der Waals surface area contributed by atoms with E-state index in [1.807, 2.05) is 14.1 Å². The van der Waals surface area contributed by atoms with E-state index in [-0.39, 0.29) is 5.91 Å². The van der Waals surface area contributed by atoms with Crippen molar-refractivity contribution in [2.45, 2.75) is 46.0 Å². The molecule has 0 radical (unpaired) electrons. The van der Waals surface area contributed by atoms with Gasteiger partial charge in [-0.1, -0.05) is 42.0 Å². The van der Waals surface area contributed by atoms with Crippen LogP contribution in [-0.4, -0.2) is 38.1 Å². The molecule has 28 heavy (non-hydrogen) atoms. The van der Waals surface area contributed by atoms with Gasteiger partial charge in [-0.25, -0.2) is 0 Å². The zero-order valence-electron chi connectivity index (χ0n) is 17.8. The second-order valence-corrected chi connectivity index (χ2v) is 7.33. The van der Waals surface area contributed by atoms with Crippen LogP contribution in [0.3, 0.4) is 0 Å². The Balaban J connectivity index is 2.13. The van der Waals surface area contributed by atoms with Gasteiger partial charge < -0.3 is 15.0 Å². The normalized spacial score (nSPS) is 27.9. The van der Waals surface area contributed by atoms with Crippen molar-refractivity contribution >= 4 is 5.91 Å². The van der Waals surface area contributed by atoms with Crippen molar-refractivity contribution in [3.63, 3.8) is 0 Å². The molecular weight excluding hydrogens is 348 g/mol. The molecule has 152 valence electrons. The topological polar surface area (TPSA) is 41.6 Å². The number of likely N-dealkylation sites (N-methyl/N-ethyl adjacent to an activating group) is 2. The molecule has 1 N–H and O–H groups in total. The Kier molecular flexibility index (Phi) is 8.86. The van der Waals surface area contributed by atoms with Gasteiger partial charge in [-0.2, -0.15) is 0 Å². The number of nitrogens with one attached hydrogen (secondary N) is 1. The predicted molar refractivity (Wildman–Crippen MR) is 117 cm³/mol. The van der Waals surface area contributed by atoms with Crippen LogP contribution in [0.4, 0.5) is 0 Å². The summed E-state index contributed by atoms with van der Waals surface area (Å²) in [7, 11) is 3.75. The Morgan fingerprint density at radius 1 is 1.21 bits per heavy atom. The number of ether oxygens (including phenoxy) is 1. The van der Waals surface area contributed by atoms with Crippen LogP contribution < -0.4 is 5.32 Å². The highest BCUT2D eigenvalue weighted by Gasteiger charge is 2.14. The van der Waals surface area contributed by atoms with Crippen molar-refractivity contribution in [1.29, 1.82) is 0 Å². The number of carbonyl (C=O) groups excluding carboxylic acids is 1. The zero-order valence-corrected chi connectivity index (χ0v) is 17.8. The molecule has 0 heterocycles. The molecule has 0 aromatic heterocycles. The summed E-state index contributed by atoms with van der Waals surface area (Å²) in [5.41, 5.74) is 4.91. The molecule has 0 saturated carbocycles. The summed E-state index contributed by atoms with van der Waals surface area (Å²) in [6.07, 6.45) is 20.0. The Morgan fingerprint density at radius 3 is 2.75 bits per heavy atom. The monoisotopic (exact) mass is 382 g/mol. The average Bonchev–Trinajstić information content (AvgIpc) is 2.65. The summed E-state index contributed by atoms with van der Waals surface area (Å²) in [4.78, 5) is 13.4. The highest BCUT2D eigenvalue weighted by molar-refractivity contribution is 5.73. The van der Waals surface area contributed by atoms with Crippen molar-refractivity contribution in [2.24, 2.45) is 0 Å². The van der Waals surface area contributed by atoms with Crippen LogP contribution in [-0.2, 0) is 9.53 Å². The van der Waals surface area contributed by atoms with Crippen LogP contribution in [0.1, 0.15) is 46.0 Å². The Labute approximate surface area is 170 Å². The first-order chi connectivity index (χ1) is 13.5. The smallest absolute Gasteiger partial charge is 0.219 e. The van der Waals surface area contributed by atoms with Crippen LogP contribution in [0, 0.1) is 0 Å². The first kappa shape index (κ1) is 21.8. The minimum absolute atomic E-state index is 0.0557. The van der Waals surface area contributed by atoms with Gasteiger partial charge in [-0.05, 0) is 38.2 Å². The van der Waals surface area contributed by atoms with Gasteiger partial charge in [-0.15, -0.1) is 0 Å². The molecule has 0 aromatic carbocycles. The number of rotatable bonds is 7. The van der Waals surface area contributed by atoms with Gasteiger partial charge in [0.05, 0.1) is 6.61 Å². The fourth-order valence-electron chi connectivity index (χ4n) is 3.22. The van der Waals surface area contributed by atoms with E-state index < -0.39 is 0 Å². The van der Waals surface area contributed by atoms with Crippen molar-refractivity contribution < 1.29 is 9.53 Å². The largest absolute Gasteiger partial charge is 0.493 e. The Hall–Kier alpha value is -2.49. The van der Waals surface area contributed by atoms with Gasteiger partial charge in [-0.3, -0.25) is 4.79 Å². The molecule has 2 aliphatic rings. The van der Waals surface area contributed by atoms with E-state index in [1.54, 1.807) is 11.8 Å². The summed E-state index contributed by atoms with van der Waals surface area (Å²) < 4.78 is 6.25. The van der Waals surface area contributed by atoms with E-state index in [4.69, 9.17) is 4.74 Å². The average molecular weight is 383 g/mol. The van der Waals surface area contributed by atoms with E-state index in [0.717, 1.165) is 49.1 Å². The number of amides is 1. The van der Waals surface area contributed by atoms with Crippen LogP contribution in [0.2, 0.25) is 0 Å². The lowest BCUT2D eigenvalue weighted by atomic mass is 10.00. The molecule has 4 nitrogen and oxygen atoms in total. The number of hydrogen-bond acceptors (Lipinski definition) is 3. The SMILES string of the molecule is CNC1=C/CC/C=C(CN(C)C(C)=O)/C(OCCC2=C(\C)CC/C=C/C=C\2)=C\1. The standard InChI is InChI=1S/C24H34N2O2/c1-19-11-7-5-6-8-12-21(19)15-16-28-24-17-23(25-3)14-10-9-13-22(24)18-26(4)20(2)27/h5-6,8,12-14,17,25H,7,9-11,15-16,18H2,1-4H3/b6-5+,12-8-,21-19+,22-13+,23-14+,24-17+. The van der Waals surface area contributed by atoms with Gasteiger partial charge >= 0.3 is 0 Å².